The van der Waals surface area contributed by atoms with Gasteiger partial charge in [0.15, 0.2) is 6.10 Å². The predicted octanol–water partition coefficient (Wildman–Crippen LogP) is 21.1. The maximum absolute atomic E-state index is 12.8. The van der Waals surface area contributed by atoms with Crippen LogP contribution in [0, 0.1) is 0 Å². The number of ether oxygens (including phenoxy) is 3. The van der Waals surface area contributed by atoms with Crippen LogP contribution in [0.2, 0.25) is 0 Å². The lowest BCUT2D eigenvalue weighted by Gasteiger charge is -2.18. The van der Waals surface area contributed by atoms with Gasteiger partial charge < -0.3 is 14.2 Å². The summed E-state index contributed by atoms with van der Waals surface area (Å²) in [6.45, 7) is 6.47. The fourth-order valence-corrected chi connectivity index (χ4v) is 8.76. The van der Waals surface area contributed by atoms with E-state index in [1.54, 1.807) is 0 Å². The van der Waals surface area contributed by atoms with Crippen LogP contribution in [0.4, 0.5) is 0 Å². The highest BCUT2D eigenvalue weighted by Crippen LogP contribution is 2.16. The van der Waals surface area contributed by atoms with Crippen molar-refractivity contribution in [2.24, 2.45) is 0 Å². The molecule has 0 aromatic rings. The monoisotopic (exact) mass is 1020 g/mol. The number of esters is 3. The van der Waals surface area contributed by atoms with Crippen molar-refractivity contribution in [2.45, 2.75) is 309 Å². The molecule has 0 fully saturated rings. The van der Waals surface area contributed by atoms with E-state index < -0.39 is 6.10 Å². The minimum Gasteiger partial charge on any atom is -0.462 e. The van der Waals surface area contributed by atoms with Gasteiger partial charge in [0, 0.05) is 19.3 Å². The number of rotatable bonds is 56. The number of unbranched alkanes of at least 4 members (excludes halogenated alkanes) is 31. The molecule has 0 saturated heterocycles. The van der Waals surface area contributed by atoms with Crippen LogP contribution in [-0.4, -0.2) is 37.2 Å². The lowest BCUT2D eigenvalue weighted by Crippen LogP contribution is -2.30. The molecule has 0 rings (SSSR count). The molecule has 6 heteroatoms. The predicted molar refractivity (Wildman–Crippen MR) is 316 cm³/mol. The average Bonchev–Trinajstić information content (AvgIpc) is 3.39. The Hall–Kier alpha value is -3.41. The van der Waals surface area contributed by atoms with Crippen molar-refractivity contribution < 1.29 is 28.6 Å². The molecule has 0 bridgehead atoms. The van der Waals surface area contributed by atoms with E-state index in [4.69, 9.17) is 14.2 Å². The van der Waals surface area contributed by atoms with Gasteiger partial charge in [0.25, 0.3) is 0 Å². The highest BCUT2D eigenvalue weighted by atomic mass is 16.6. The average molecular weight is 1020 g/mol. The van der Waals surface area contributed by atoms with Crippen LogP contribution >= 0.6 is 0 Å². The largest absolute Gasteiger partial charge is 0.462 e. The molecular formula is C67H116O6. The van der Waals surface area contributed by atoms with Gasteiger partial charge in [-0.1, -0.05) is 286 Å². The first-order valence-corrected chi connectivity index (χ1v) is 31.1. The molecule has 0 heterocycles. The quantitative estimate of drug-likeness (QED) is 0.0261. The summed E-state index contributed by atoms with van der Waals surface area (Å²) in [6, 6.07) is 0. The summed E-state index contributed by atoms with van der Waals surface area (Å²) >= 11 is 0. The Labute approximate surface area is 452 Å². The minimum atomic E-state index is -0.814. The number of carbonyl (C=O) groups is 3. The van der Waals surface area contributed by atoms with E-state index >= 15 is 0 Å². The molecule has 0 spiro atoms. The van der Waals surface area contributed by atoms with E-state index in [1.807, 2.05) is 6.08 Å². The van der Waals surface area contributed by atoms with Gasteiger partial charge in [-0.25, -0.2) is 0 Å². The van der Waals surface area contributed by atoms with E-state index in [2.05, 4.69) is 99.8 Å². The second-order valence-corrected chi connectivity index (χ2v) is 20.6. The number of carbonyl (C=O) groups excluding carboxylic acids is 3. The molecule has 0 aliphatic rings. The van der Waals surface area contributed by atoms with Crippen molar-refractivity contribution in [3.63, 3.8) is 0 Å². The molecule has 1 unspecified atom stereocenters. The zero-order valence-electron chi connectivity index (χ0n) is 48.1. The third-order valence-corrected chi connectivity index (χ3v) is 13.4. The van der Waals surface area contributed by atoms with E-state index in [1.165, 1.54) is 180 Å². The van der Waals surface area contributed by atoms with Crippen LogP contribution < -0.4 is 0 Å². The van der Waals surface area contributed by atoms with E-state index in [-0.39, 0.29) is 37.5 Å². The summed E-state index contributed by atoms with van der Waals surface area (Å²) in [7, 11) is 0. The molecule has 0 aromatic carbocycles. The molecule has 1 atom stereocenters. The number of hydrogen-bond acceptors (Lipinski definition) is 6. The third-order valence-electron chi connectivity index (χ3n) is 13.4. The van der Waals surface area contributed by atoms with E-state index in [9.17, 15) is 14.4 Å². The molecular weight excluding hydrogens is 901 g/mol. The normalized spacial score (nSPS) is 12.6. The minimum absolute atomic E-state index is 0.104. The van der Waals surface area contributed by atoms with Crippen LogP contribution in [0.15, 0.2) is 85.1 Å². The van der Waals surface area contributed by atoms with Gasteiger partial charge in [-0.05, 0) is 83.5 Å². The third kappa shape index (κ3) is 59.3. The van der Waals surface area contributed by atoms with Gasteiger partial charge in [0.05, 0.1) is 0 Å². The van der Waals surface area contributed by atoms with Crippen molar-refractivity contribution in [3.05, 3.63) is 85.1 Å². The van der Waals surface area contributed by atoms with Gasteiger partial charge in [-0.3, -0.25) is 14.4 Å². The van der Waals surface area contributed by atoms with Crippen molar-refractivity contribution in [1.82, 2.24) is 0 Å². The highest BCUT2D eigenvalue weighted by molar-refractivity contribution is 5.71. The van der Waals surface area contributed by atoms with Crippen LogP contribution in [0.25, 0.3) is 0 Å². The Morgan fingerprint density at radius 3 is 0.890 bits per heavy atom. The first kappa shape index (κ1) is 69.6. The first-order valence-electron chi connectivity index (χ1n) is 31.1. The molecule has 73 heavy (non-hydrogen) atoms. The fraction of sp³-hybridized carbons (Fsp3) is 0.746. The second-order valence-electron chi connectivity index (χ2n) is 20.6. The lowest BCUT2D eigenvalue weighted by atomic mass is 10.0. The standard InChI is InChI=1S/C67H116O6/c1-4-7-10-13-16-19-21-23-25-27-29-30-31-32-33-34-35-36-38-39-41-43-45-48-51-54-57-60-66(69)72-63-64(62-71-65(68)59-56-53-50-47-18-15-12-9-6-3)73-67(70)61-58-55-52-49-46-44-42-40-37-28-26-24-22-20-17-14-11-8-5-2/h8,11,17,20,24,26-27,29,37,40,44,46,52,55,64H,4-7,9-10,12-16,18-19,21-23,25,28,30-36,38-39,41-43,45,47-51,53-54,56-63H2,1-3H3/b11-8-,20-17-,26-24-,29-27-,40-37-,46-44-,55-52-. The Morgan fingerprint density at radius 1 is 0.288 bits per heavy atom. The van der Waals surface area contributed by atoms with Crippen molar-refractivity contribution >= 4 is 17.9 Å². The highest BCUT2D eigenvalue weighted by Gasteiger charge is 2.19. The summed E-state index contributed by atoms with van der Waals surface area (Å²) in [4.78, 5) is 38.1. The van der Waals surface area contributed by atoms with Crippen molar-refractivity contribution in [2.75, 3.05) is 13.2 Å². The van der Waals surface area contributed by atoms with Gasteiger partial charge in [0.1, 0.15) is 13.2 Å². The van der Waals surface area contributed by atoms with Crippen LogP contribution in [0.5, 0.6) is 0 Å². The Bertz CT molecular complexity index is 1400. The van der Waals surface area contributed by atoms with Gasteiger partial charge in [-0.2, -0.15) is 0 Å². The van der Waals surface area contributed by atoms with Gasteiger partial charge in [-0.15, -0.1) is 0 Å². The number of hydrogen-bond donors (Lipinski definition) is 0. The molecule has 0 aliphatic heterocycles. The summed E-state index contributed by atoms with van der Waals surface area (Å²) in [6.07, 6.45) is 80.5. The first-order chi connectivity index (χ1) is 36.0. The lowest BCUT2D eigenvalue weighted by molar-refractivity contribution is -0.166. The second kappa shape index (κ2) is 61.1. The topological polar surface area (TPSA) is 78.9 Å². The molecule has 0 aromatic heterocycles. The summed E-state index contributed by atoms with van der Waals surface area (Å²) in [5, 5.41) is 0. The maximum Gasteiger partial charge on any atom is 0.306 e. The van der Waals surface area contributed by atoms with E-state index in [0.717, 1.165) is 77.0 Å². The smallest absolute Gasteiger partial charge is 0.306 e. The summed E-state index contributed by atoms with van der Waals surface area (Å²) < 4.78 is 16.8. The van der Waals surface area contributed by atoms with Gasteiger partial charge in [0.2, 0.25) is 0 Å². The molecule has 0 N–H and O–H groups in total. The molecule has 6 nitrogen and oxygen atoms in total. The van der Waals surface area contributed by atoms with Crippen molar-refractivity contribution in [3.8, 4) is 0 Å². The summed E-state index contributed by atoms with van der Waals surface area (Å²) in [5.41, 5.74) is 0. The summed E-state index contributed by atoms with van der Waals surface area (Å²) in [5.74, 6) is -0.983. The zero-order chi connectivity index (χ0) is 52.9. The molecule has 0 radical (unpaired) electrons. The van der Waals surface area contributed by atoms with Crippen molar-refractivity contribution in [1.29, 1.82) is 0 Å². The van der Waals surface area contributed by atoms with Crippen LogP contribution in [0.1, 0.15) is 303 Å². The van der Waals surface area contributed by atoms with Gasteiger partial charge >= 0.3 is 17.9 Å². The molecule has 0 amide bonds. The Balaban J connectivity index is 4.25. The fourth-order valence-electron chi connectivity index (χ4n) is 8.76. The number of allylic oxidation sites excluding steroid dienone is 14. The Kier molecular flexibility index (Phi) is 58.3. The molecule has 0 aliphatic carbocycles. The molecule has 420 valence electrons. The maximum atomic E-state index is 12.8. The molecule has 0 saturated carbocycles. The Morgan fingerprint density at radius 2 is 0.562 bits per heavy atom. The van der Waals surface area contributed by atoms with Crippen LogP contribution in [-0.2, 0) is 28.6 Å². The van der Waals surface area contributed by atoms with Crippen LogP contribution in [0.3, 0.4) is 0 Å². The zero-order valence-corrected chi connectivity index (χ0v) is 48.1. The SMILES string of the molecule is CC/C=C\C/C=C\C/C=C\C/C=C\C/C=C\C/C=C\CCC(=O)OC(COC(=O)CCCCCCCCCCC)COC(=O)CCCCCCCCCCCCCCCCC/C=C\CCCCCCCCCC. The van der Waals surface area contributed by atoms with E-state index in [0.29, 0.717) is 19.3 Å².